The number of hydrogen-bond donors (Lipinski definition) is 1. The molecule has 1 nitrogen and oxygen atoms in total. The first-order valence-electron chi connectivity index (χ1n) is 9.88. The predicted molar refractivity (Wildman–Crippen MR) is 109 cm³/mol. The Hall–Kier alpha value is -2.37. The quantitative estimate of drug-likeness (QED) is 0.498. The van der Waals surface area contributed by atoms with E-state index >= 15 is 0 Å². The number of benzene rings is 2. The van der Waals surface area contributed by atoms with Crippen molar-refractivity contribution >= 4 is 5.71 Å². The summed E-state index contributed by atoms with van der Waals surface area (Å²) in [6.45, 7) is 1.92. The van der Waals surface area contributed by atoms with Crippen molar-refractivity contribution in [3.8, 4) is 0 Å². The topological polar surface area (TPSA) is 23.9 Å². The van der Waals surface area contributed by atoms with Gasteiger partial charge in [-0.05, 0) is 42.9 Å². The van der Waals surface area contributed by atoms with Gasteiger partial charge in [0.2, 0.25) is 0 Å². The molecule has 1 N–H and O–H groups in total. The van der Waals surface area contributed by atoms with E-state index in [1.54, 1.807) is 0 Å². The van der Waals surface area contributed by atoms with Crippen LogP contribution in [0.5, 0.6) is 0 Å². The second-order valence-electron chi connectivity index (χ2n) is 7.77. The van der Waals surface area contributed by atoms with Crippen molar-refractivity contribution < 1.29 is 0 Å². The highest BCUT2D eigenvalue weighted by Gasteiger charge is 2.50. The van der Waals surface area contributed by atoms with Gasteiger partial charge < -0.3 is 5.41 Å². The zero-order valence-corrected chi connectivity index (χ0v) is 15.5. The van der Waals surface area contributed by atoms with Crippen molar-refractivity contribution in [1.82, 2.24) is 0 Å². The third-order valence-electron chi connectivity index (χ3n) is 6.29. The summed E-state index contributed by atoms with van der Waals surface area (Å²) in [4.78, 5) is 0. The lowest BCUT2D eigenvalue weighted by molar-refractivity contribution is 0.240. The van der Waals surface area contributed by atoms with Crippen molar-refractivity contribution in [3.63, 3.8) is 0 Å². The van der Waals surface area contributed by atoms with Gasteiger partial charge in [0.05, 0.1) is 5.41 Å². The van der Waals surface area contributed by atoms with E-state index < -0.39 is 0 Å². The van der Waals surface area contributed by atoms with Crippen LogP contribution in [0.1, 0.15) is 50.2 Å². The summed E-state index contributed by atoms with van der Waals surface area (Å²) in [5.74, 6) is 1.04. The van der Waals surface area contributed by atoms with Crippen LogP contribution < -0.4 is 0 Å². The Morgan fingerprint density at radius 1 is 0.885 bits per heavy atom. The minimum absolute atomic E-state index is 0.281. The normalized spacial score (nSPS) is 22.2. The van der Waals surface area contributed by atoms with Gasteiger partial charge in [-0.25, -0.2) is 0 Å². The van der Waals surface area contributed by atoms with E-state index in [-0.39, 0.29) is 5.41 Å². The minimum Gasteiger partial charge on any atom is -0.305 e. The maximum Gasteiger partial charge on any atom is 0.0613 e. The number of nitrogens with one attached hydrogen (secondary N) is 1. The van der Waals surface area contributed by atoms with Crippen LogP contribution in [0.3, 0.4) is 0 Å². The molecule has 1 heteroatoms. The molecule has 0 aromatic heterocycles. The summed E-state index contributed by atoms with van der Waals surface area (Å²) in [5, 5.41) is 8.53. The van der Waals surface area contributed by atoms with E-state index in [1.807, 2.05) is 6.92 Å². The molecule has 0 saturated heterocycles. The highest BCUT2D eigenvalue weighted by Crippen LogP contribution is 2.53. The molecule has 0 bridgehead atoms. The van der Waals surface area contributed by atoms with Crippen LogP contribution in [0, 0.1) is 17.2 Å². The first-order chi connectivity index (χ1) is 12.7. The van der Waals surface area contributed by atoms with Gasteiger partial charge in [0, 0.05) is 17.2 Å². The maximum atomic E-state index is 8.53. The maximum absolute atomic E-state index is 8.53. The molecule has 0 spiro atoms. The zero-order chi connectivity index (χ0) is 18.0. The van der Waals surface area contributed by atoms with Crippen molar-refractivity contribution in [3.05, 3.63) is 89.2 Å². The van der Waals surface area contributed by atoms with Gasteiger partial charge in [0.15, 0.2) is 0 Å². The molecule has 2 aliphatic carbocycles. The third kappa shape index (κ3) is 2.68. The zero-order valence-electron chi connectivity index (χ0n) is 15.5. The minimum atomic E-state index is -0.281. The van der Waals surface area contributed by atoms with Gasteiger partial charge in [-0.3, -0.25) is 0 Å². The smallest absolute Gasteiger partial charge is 0.0613 e. The Morgan fingerprint density at radius 3 is 1.92 bits per heavy atom. The molecule has 0 aliphatic heterocycles. The summed E-state index contributed by atoms with van der Waals surface area (Å²) in [5.41, 5.74) is 7.55. The molecule has 0 heterocycles. The highest BCUT2D eigenvalue weighted by atomic mass is 14.5. The average molecular weight is 341 g/mol. The molecule has 1 fully saturated rings. The molecular weight excluding hydrogens is 314 g/mol. The van der Waals surface area contributed by atoms with Gasteiger partial charge in [-0.2, -0.15) is 0 Å². The third-order valence-corrected chi connectivity index (χ3v) is 6.29. The molecule has 26 heavy (non-hydrogen) atoms. The SMILES string of the molecule is CC(=N)C1=C=CC(C2CCCCC2)C1(c1ccccc1)c1ccccc1. The Morgan fingerprint density at radius 2 is 1.42 bits per heavy atom. The van der Waals surface area contributed by atoms with E-state index in [2.05, 4.69) is 72.5 Å². The van der Waals surface area contributed by atoms with Crippen LogP contribution >= 0.6 is 0 Å². The van der Waals surface area contributed by atoms with E-state index in [1.165, 1.54) is 43.2 Å². The Bertz CT molecular complexity index is 795. The molecule has 4 rings (SSSR count). The summed E-state index contributed by atoms with van der Waals surface area (Å²) >= 11 is 0. The van der Waals surface area contributed by atoms with E-state index in [9.17, 15) is 0 Å². The predicted octanol–water partition coefficient (Wildman–Crippen LogP) is 6.30. The first kappa shape index (κ1) is 17.1. The Labute approximate surface area is 157 Å². The van der Waals surface area contributed by atoms with Crippen LogP contribution in [0.2, 0.25) is 0 Å². The highest BCUT2D eigenvalue weighted by molar-refractivity contribution is 6.00. The molecule has 1 unspecified atom stereocenters. The molecule has 0 radical (unpaired) electrons. The second-order valence-corrected chi connectivity index (χ2v) is 7.77. The average Bonchev–Trinajstić information content (AvgIpc) is 3.12. The van der Waals surface area contributed by atoms with Crippen molar-refractivity contribution in [2.24, 2.45) is 11.8 Å². The van der Waals surface area contributed by atoms with Crippen molar-refractivity contribution in [2.75, 3.05) is 0 Å². The molecule has 1 saturated carbocycles. The van der Waals surface area contributed by atoms with E-state index in [4.69, 9.17) is 5.41 Å². The van der Waals surface area contributed by atoms with Gasteiger partial charge in [-0.1, -0.05) is 79.9 Å². The summed E-state index contributed by atoms with van der Waals surface area (Å²) < 4.78 is 0. The van der Waals surface area contributed by atoms with Crippen molar-refractivity contribution in [2.45, 2.75) is 44.4 Å². The van der Waals surface area contributed by atoms with Gasteiger partial charge in [0.1, 0.15) is 0 Å². The summed E-state index contributed by atoms with van der Waals surface area (Å²) in [6, 6.07) is 21.7. The number of hydrogen-bond acceptors (Lipinski definition) is 1. The van der Waals surface area contributed by atoms with E-state index in [0.717, 1.165) is 5.57 Å². The van der Waals surface area contributed by atoms with Crippen LogP contribution in [0.25, 0.3) is 0 Å². The standard InChI is InChI=1S/C25H27N/c1-19(26)23-17-18-24(20-11-5-2-6-12-20)25(23,21-13-7-3-8-14-21)22-15-9-4-10-16-22/h3-4,7-10,13-16,18,20,24,26H,2,5-6,11-12H2,1H3. The summed E-state index contributed by atoms with van der Waals surface area (Å²) in [7, 11) is 0. The van der Waals surface area contributed by atoms with E-state index in [0.29, 0.717) is 17.5 Å². The monoisotopic (exact) mass is 341 g/mol. The molecule has 1 atom stereocenters. The van der Waals surface area contributed by atoms with Gasteiger partial charge in [-0.15, -0.1) is 5.73 Å². The fraction of sp³-hybridized carbons (Fsp3) is 0.360. The van der Waals surface area contributed by atoms with Crippen molar-refractivity contribution in [1.29, 1.82) is 5.41 Å². The summed E-state index contributed by atoms with van der Waals surface area (Å²) in [6.07, 6.45) is 8.88. The Balaban J connectivity index is 1.95. The Kier molecular flexibility index (Phi) is 4.66. The lowest BCUT2D eigenvalue weighted by Crippen LogP contribution is -2.41. The van der Waals surface area contributed by atoms with Gasteiger partial charge in [0.25, 0.3) is 0 Å². The van der Waals surface area contributed by atoms with Gasteiger partial charge >= 0.3 is 0 Å². The first-order valence-corrected chi connectivity index (χ1v) is 9.88. The molecule has 0 amide bonds. The fourth-order valence-electron chi connectivity index (χ4n) is 5.21. The molecule has 2 aromatic carbocycles. The van der Waals surface area contributed by atoms with Crippen LogP contribution in [0.4, 0.5) is 0 Å². The molecule has 132 valence electrons. The number of allylic oxidation sites excluding steroid dienone is 1. The molecular formula is C25H27N. The van der Waals surface area contributed by atoms with Crippen LogP contribution in [0.15, 0.2) is 78.0 Å². The molecule has 2 aromatic rings. The second kappa shape index (κ2) is 7.09. The largest absolute Gasteiger partial charge is 0.305 e. The molecule has 2 aliphatic rings. The fourth-order valence-corrected chi connectivity index (χ4v) is 5.21. The number of rotatable bonds is 4. The lowest BCUT2D eigenvalue weighted by atomic mass is 9.58. The van der Waals surface area contributed by atoms with Crippen LogP contribution in [-0.2, 0) is 5.41 Å². The van der Waals surface area contributed by atoms with Crippen LogP contribution in [-0.4, -0.2) is 5.71 Å². The lowest BCUT2D eigenvalue weighted by Gasteiger charge is -2.43.